The van der Waals surface area contributed by atoms with Crippen molar-refractivity contribution >= 4 is 46.6 Å². The van der Waals surface area contributed by atoms with Gasteiger partial charge in [0.05, 0.1) is 5.75 Å². The van der Waals surface area contributed by atoms with Crippen LogP contribution in [0.2, 0.25) is 5.02 Å². The molecule has 0 radical (unpaired) electrons. The number of carbonyl (C=O) groups is 2. The molecule has 25 heavy (non-hydrogen) atoms. The number of hydrogen-bond donors (Lipinski definition) is 2. The number of carbonyl (C=O) groups excluding carboxylic acids is 2. The van der Waals surface area contributed by atoms with Crippen LogP contribution in [0.5, 0.6) is 0 Å². The molecule has 6 heteroatoms. The quantitative estimate of drug-likeness (QED) is 0.719. The molecule has 2 aromatic carbocycles. The Morgan fingerprint density at radius 2 is 1.84 bits per heavy atom. The zero-order valence-corrected chi connectivity index (χ0v) is 15.4. The van der Waals surface area contributed by atoms with E-state index in [1.807, 2.05) is 37.3 Å². The topological polar surface area (TPSA) is 58.2 Å². The molecule has 0 atom stereocenters. The van der Waals surface area contributed by atoms with Crippen LogP contribution >= 0.6 is 23.4 Å². The van der Waals surface area contributed by atoms with Crippen molar-refractivity contribution in [1.82, 2.24) is 0 Å². The number of aryl methyl sites for hydroxylation is 1. The average Bonchev–Trinajstić information content (AvgIpc) is 3.43. The van der Waals surface area contributed by atoms with Gasteiger partial charge in [0.25, 0.3) is 0 Å². The number of anilines is 2. The molecule has 1 aliphatic rings. The first-order valence-electron chi connectivity index (χ1n) is 8.11. The third-order valence-electron chi connectivity index (χ3n) is 3.91. The van der Waals surface area contributed by atoms with Gasteiger partial charge in [-0.1, -0.05) is 17.7 Å². The van der Waals surface area contributed by atoms with Gasteiger partial charge in [0.15, 0.2) is 0 Å². The van der Waals surface area contributed by atoms with E-state index in [1.165, 1.54) is 11.8 Å². The third-order valence-corrected chi connectivity index (χ3v) is 5.16. The van der Waals surface area contributed by atoms with Crippen LogP contribution in [-0.4, -0.2) is 17.6 Å². The van der Waals surface area contributed by atoms with Gasteiger partial charge in [-0.2, -0.15) is 0 Å². The Morgan fingerprint density at radius 3 is 2.52 bits per heavy atom. The van der Waals surface area contributed by atoms with Gasteiger partial charge in [0.1, 0.15) is 0 Å². The molecule has 0 unspecified atom stereocenters. The minimum absolute atomic E-state index is 0.0820. The van der Waals surface area contributed by atoms with Crippen molar-refractivity contribution in [3.8, 4) is 0 Å². The van der Waals surface area contributed by atoms with Crippen molar-refractivity contribution in [2.45, 2.75) is 24.7 Å². The molecule has 0 aromatic heterocycles. The summed E-state index contributed by atoms with van der Waals surface area (Å²) in [5.74, 6) is 0.505. The largest absolute Gasteiger partial charge is 0.326 e. The van der Waals surface area contributed by atoms with E-state index < -0.39 is 0 Å². The Balaban J connectivity index is 1.49. The summed E-state index contributed by atoms with van der Waals surface area (Å²) in [4.78, 5) is 24.8. The van der Waals surface area contributed by atoms with Crippen LogP contribution in [0.15, 0.2) is 47.4 Å². The fraction of sp³-hybridized carbons (Fsp3) is 0.263. The van der Waals surface area contributed by atoms with Crippen molar-refractivity contribution in [2.75, 3.05) is 16.4 Å². The van der Waals surface area contributed by atoms with E-state index in [4.69, 9.17) is 11.6 Å². The van der Waals surface area contributed by atoms with E-state index >= 15 is 0 Å². The van der Waals surface area contributed by atoms with Gasteiger partial charge < -0.3 is 10.6 Å². The van der Waals surface area contributed by atoms with Crippen molar-refractivity contribution in [1.29, 1.82) is 0 Å². The number of thioether (sulfide) groups is 1. The third kappa shape index (κ3) is 5.25. The van der Waals surface area contributed by atoms with Gasteiger partial charge in [0.2, 0.25) is 11.8 Å². The SMILES string of the molecule is Cc1ccc(Cl)cc1NC(=O)CSc1ccc(NC(=O)C2CC2)cc1. The van der Waals surface area contributed by atoms with Crippen LogP contribution in [0.3, 0.4) is 0 Å². The monoisotopic (exact) mass is 374 g/mol. The highest BCUT2D eigenvalue weighted by atomic mass is 35.5. The number of nitrogens with one attached hydrogen (secondary N) is 2. The zero-order valence-electron chi connectivity index (χ0n) is 13.8. The Kier molecular flexibility index (Phi) is 5.66. The normalized spacial score (nSPS) is 13.4. The molecule has 2 aromatic rings. The zero-order chi connectivity index (χ0) is 17.8. The minimum atomic E-state index is -0.0820. The van der Waals surface area contributed by atoms with Gasteiger partial charge in [-0.25, -0.2) is 0 Å². The second kappa shape index (κ2) is 7.93. The lowest BCUT2D eigenvalue weighted by molar-refractivity contribution is -0.117. The summed E-state index contributed by atoms with van der Waals surface area (Å²) >= 11 is 7.41. The molecule has 4 nitrogen and oxygen atoms in total. The Bertz CT molecular complexity index is 789. The van der Waals surface area contributed by atoms with Crippen LogP contribution < -0.4 is 10.6 Å². The predicted molar refractivity (Wildman–Crippen MR) is 103 cm³/mol. The van der Waals surface area contributed by atoms with Gasteiger partial charge in [0, 0.05) is 27.2 Å². The van der Waals surface area contributed by atoms with E-state index in [9.17, 15) is 9.59 Å². The van der Waals surface area contributed by atoms with Gasteiger partial charge >= 0.3 is 0 Å². The molecule has 0 aliphatic heterocycles. The molecule has 3 rings (SSSR count). The molecule has 2 amide bonds. The highest BCUT2D eigenvalue weighted by Gasteiger charge is 2.29. The van der Waals surface area contributed by atoms with Crippen LogP contribution in [0.1, 0.15) is 18.4 Å². The lowest BCUT2D eigenvalue weighted by Gasteiger charge is -2.09. The molecule has 0 heterocycles. The number of amides is 2. The predicted octanol–water partition coefficient (Wildman–Crippen LogP) is 4.73. The Morgan fingerprint density at radius 1 is 1.12 bits per heavy atom. The first-order valence-corrected chi connectivity index (χ1v) is 9.47. The lowest BCUT2D eigenvalue weighted by atomic mass is 10.2. The smallest absolute Gasteiger partial charge is 0.234 e. The maximum Gasteiger partial charge on any atom is 0.234 e. The lowest BCUT2D eigenvalue weighted by Crippen LogP contribution is -2.15. The number of benzene rings is 2. The standard InChI is InChI=1S/C19H19ClN2O2S/c1-12-2-5-14(20)10-17(12)22-18(23)11-25-16-8-6-15(7-9-16)21-19(24)13-3-4-13/h2,5-10,13H,3-4,11H2,1H3,(H,21,24)(H,22,23). The fourth-order valence-electron chi connectivity index (χ4n) is 2.29. The Hall–Kier alpha value is -1.98. The van der Waals surface area contributed by atoms with E-state index in [2.05, 4.69) is 10.6 Å². The molecule has 0 spiro atoms. The van der Waals surface area contributed by atoms with Crippen LogP contribution in [0.25, 0.3) is 0 Å². The van der Waals surface area contributed by atoms with Crippen LogP contribution in [0.4, 0.5) is 11.4 Å². The fourth-order valence-corrected chi connectivity index (χ4v) is 3.16. The molecule has 130 valence electrons. The molecule has 0 bridgehead atoms. The average molecular weight is 375 g/mol. The summed E-state index contributed by atoms with van der Waals surface area (Å²) in [6.07, 6.45) is 1.97. The number of hydrogen-bond acceptors (Lipinski definition) is 3. The molecular weight excluding hydrogens is 356 g/mol. The second-order valence-corrected chi connectivity index (χ2v) is 7.57. The summed E-state index contributed by atoms with van der Waals surface area (Å²) in [6.45, 7) is 1.92. The van der Waals surface area contributed by atoms with E-state index in [-0.39, 0.29) is 17.7 Å². The maximum absolute atomic E-state index is 12.1. The minimum Gasteiger partial charge on any atom is -0.326 e. The summed E-state index contributed by atoms with van der Waals surface area (Å²) in [7, 11) is 0. The summed E-state index contributed by atoms with van der Waals surface area (Å²) in [5, 5.41) is 6.37. The highest BCUT2D eigenvalue weighted by molar-refractivity contribution is 8.00. The van der Waals surface area contributed by atoms with Crippen LogP contribution in [-0.2, 0) is 9.59 Å². The first kappa shape index (κ1) is 17.8. The van der Waals surface area contributed by atoms with Crippen molar-refractivity contribution in [2.24, 2.45) is 5.92 Å². The molecule has 1 saturated carbocycles. The second-order valence-electron chi connectivity index (χ2n) is 6.08. The first-order chi connectivity index (χ1) is 12.0. The number of rotatable bonds is 6. The molecule has 2 N–H and O–H groups in total. The summed E-state index contributed by atoms with van der Waals surface area (Å²) < 4.78 is 0. The maximum atomic E-state index is 12.1. The molecule has 0 saturated heterocycles. The highest BCUT2D eigenvalue weighted by Crippen LogP contribution is 2.30. The number of halogens is 1. The van der Waals surface area contributed by atoms with Gasteiger partial charge in [-0.3, -0.25) is 9.59 Å². The van der Waals surface area contributed by atoms with Gasteiger partial charge in [-0.15, -0.1) is 11.8 Å². The summed E-state index contributed by atoms with van der Waals surface area (Å²) in [6, 6.07) is 13.0. The van der Waals surface area contributed by atoms with Crippen molar-refractivity contribution in [3.63, 3.8) is 0 Å². The summed E-state index contributed by atoms with van der Waals surface area (Å²) in [5.41, 5.74) is 2.50. The van der Waals surface area contributed by atoms with Crippen molar-refractivity contribution < 1.29 is 9.59 Å². The van der Waals surface area contributed by atoms with E-state index in [0.29, 0.717) is 10.8 Å². The van der Waals surface area contributed by atoms with Crippen LogP contribution in [0, 0.1) is 12.8 Å². The molecule has 1 fully saturated rings. The molecule has 1 aliphatic carbocycles. The van der Waals surface area contributed by atoms with Gasteiger partial charge in [-0.05, 0) is 61.7 Å². The van der Waals surface area contributed by atoms with E-state index in [1.54, 1.807) is 12.1 Å². The molecular formula is C19H19ClN2O2S. The Labute approximate surface area is 156 Å². The van der Waals surface area contributed by atoms with E-state index in [0.717, 1.165) is 34.7 Å². The van der Waals surface area contributed by atoms with Crippen molar-refractivity contribution in [3.05, 3.63) is 53.1 Å².